The Bertz CT molecular complexity index is 948. The van der Waals surface area contributed by atoms with Crippen molar-refractivity contribution in [2.24, 2.45) is 0 Å². The number of nitrogens with one attached hydrogen (secondary N) is 1. The Morgan fingerprint density at radius 2 is 1.88 bits per heavy atom. The molecule has 1 unspecified atom stereocenters. The number of benzene rings is 2. The van der Waals surface area contributed by atoms with Gasteiger partial charge in [0.1, 0.15) is 5.76 Å². The van der Waals surface area contributed by atoms with Gasteiger partial charge in [0, 0.05) is 5.39 Å². The Morgan fingerprint density at radius 1 is 1.12 bits per heavy atom. The van der Waals surface area contributed by atoms with Gasteiger partial charge in [0.05, 0.1) is 18.4 Å². The van der Waals surface area contributed by atoms with Crippen LogP contribution in [0.2, 0.25) is 0 Å². The van der Waals surface area contributed by atoms with Crippen LogP contribution in [0, 0.1) is 0 Å². The Balaban J connectivity index is 1.80. The lowest BCUT2D eigenvalue weighted by Crippen LogP contribution is -2.27. The third-order valence-corrected chi connectivity index (χ3v) is 5.24. The maximum absolute atomic E-state index is 12.4. The first-order valence-electron chi connectivity index (χ1n) is 8.17. The van der Waals surface area contributed by atoms with E-state index < -0.39 is 16.1 Å². The zero-order valence-electron chi connectivity index (χ0n) is 14.2. The average Bonchev–Trinajstić information content (AvgIpc) is 3.00. The normalized spacial score (nSPS) is 13.0. The number of furan rings is 1. The van der Waals surface area contributed by atoms with E-state index in [-0.39, 0.29) is 5.75 Å². The van der Waals surface area contributed by atoms with E-state index in [2.05, 4.69) is 4.72 Å². The van der Waals surface area contributed by atoms with Crippen LogP contribution in [0.4, 0.5) is 0 Å². The molecule has 1 N–H and O–H groups in total. The van der Waals surface area contributed by atoms with Gasteiger partial charge in [-0.25, -0.2) is 13.1 Å². The summed E-state index contributed by atoms with van der Waals surface area (Å²) in [5.41, 5.74) is 1.37. The number of ether oxygens (including phenoxy) is 1. The molecule has 3 aromatic rings. The molecular formula is C19H21NO4S. The van der Waals surface area contributed by atoms with Gasteiger partial charge >= 0.3 is 0 Å². The second-order valence-electron chi connectivity index (χ2n) is 5.84. The van der Waals surface area contributed by atoms with E-state index in [1.807, 2.05) is 49.4 Å². The number of fused-ring (bicyclic) bond motifs is 1. The van der Waals surface area contributed by atoms with Crippen LogP contribution in [0.3, 0.4) is 0 Å². The lowest BCUT2D eigenvalue weighted by molar-refractivity contribution is 0.336. The van der Waals surface area contributed by atoms with Crippen LogP contribution in [-0.4, -0.2) is 15.0 Å². The van der Waals surface area contributed by atoms with E-state index in [1.165, 1.54) is 0 Å². The minimum atomic E-state index is -3.48. The van der Waals surface area contributed by atoms with Gasteiger partial charge < -0.3 is 9.15 Å². The second kappa shape index (κ2) is 7.29. The Kier molecular flexibility index (Phi) is 5.11. The quantitative estimate of drug-likeness (QED) is 0.692. The molecule has 2 aromatic carbocycles. The molecule has 1 heterocycles. The van der Waals surface area contributed by atoms with Crippen LogP contribution < -0.4 is 9.46 Å². The largest absolute Gasteiger partial charge is 0.490 e. The fraction of sp³-hybridized carbons (Fsp3) is 0.263. The summed E-state index contributed by atoms with van der Waals surface area (Å²) in [7, 11) is -3.48. The Morgan fingerprint density at radius 3 is 2.60 bits per heavy atom. The van der Waals surface area contributed by atoms with Crippen molar-refractivity contribution in [1.29, 1.82) is 0 Å². The molecule has 0 aliphatic carbocycles. The Hall–Kier alpha value is -2.31. The van der Waals surface area contributed by atoms with Crippen LogP contribution in [0.25, 0.3) is 11.0 Å². The highest BCUT2D eigenvalue weighted by atomic mass is 32.2. The van der Waals surface area contributed by atoms with Gasteiger partial charge in [-0.3, -0.25) is 0 Å². The SMILES string of the molecule is CCOc1cccc2cc(C(C)NS(=O)(=O)Cc3ccccc3)oc12. The molecule has 1 aromatic heterocycles. The standard InChI is InChI=1S/C19H21NO4S/c1-3-23-17-11-7-10-16-12-18(24-19(16)17)14(2)20-25(21,22)13-15-8-5-4-6-9-15/h4-12,14,20H,3,13H2,1-2H3. The Labute approximate surface area is 147 Å². The maximum atomic E-state index is 12.4. The van der Waals surface area contributed by atoms with Crippen molar-refractivity contribution in [1.82, 2.24) is 4.72 Å². The average molecular weight is 359 g/mol. The molecule has 0 radical (unpaired) electrons. The van der Waals surface area contributed by atoms with Crippen LogP contribution in [0.5, 0.6) is 5.75 Å². The van der Waals surface area contributed by atoms with E-state index in [4.69, 9.17) is 9.15 Å². The van der Waals surface area contributed by atoms with Gasteiger partial charge in [-0.15, -0.1) is 0 Å². The summed E-state index contributed by atoms with van der Waals surface area (Å²) in [4.78, 5) is 0. The third-order valence-electron chi connectivity index (χ3n) is 3.81. The maximum Gasteiger partial charge on any atom is 0.216 e. The van der Waals surface area contributed by atoms with Crippen LogP contribution >= 0.6 is 0 Å². The molecule has 5 nitrogen and oxygen atoms in total. The number of rotatable bonds is 7. The zero-order chi connectivity index (χ0) is 17.9. The van der Waals surface area contributed by atoms with E-state index in [0.717, 1.165) is 10.9 Å². The van der Waals surface area contributed by atoms with Crippen molar-refractivity contribution in [2.75, 3.05) is 6.61 Å². The number of hydrogen-bond donors (Lipinski definition) is 1. The summed E-state index contributed by atoms with van der Waals surface area (Å²) >= 11 is 0. The molecule has 0 bridgehead atoms. The minimum Gasteiger partial charge on any atom is -0.490 e. The molecule has 3 rings (SSSR count). The fourth-order valence-electron chi connectivity index (χ4n) is 2.70. The van der Waals surface area contributed by atoms with Gasteiger partial charge in [0.25, 0.3) is 0 Å². The summed E-state index contributed by atoms with van der Waals surface area (Å²) in [6.45, 7) is 4.21. The lowest BCUT2D eigenvalue weighted by Gasteiger charge is -2.12. The molecule has 0 saturated carbocycles. The highest BCUT2D eigenvalue weighted by Crippen LogP contribution is 2.31. The first-order chi connectivity index (χ1) is 12.0. The van der Waals surface area contributed by atoms with Crippen LogP contribution in [0.1, 0.15) is 31.2 Å². The molecule has 0 spiro atoms. The van der Waals surface area contributed by atoms with Crippen LogP contribution in [-0.2, 0) is 15.8 Å². The number of para-hydroxylation sites is 1. The minimum absolute atomic E-state index is 0.0669. The summed E-state index contributed by atoms with van der Waals surface area (Å²) in [6, 6.07) is 16.1. The van der Waals surface area contributed by atoms with Gasteiger partial charge in [0.15, 0.2) is 11.3 Å². The number of sulfonamides is 1. The van der Waals surface area contributed by atoms with Crippen molar-refractivity contribution in [3.63, 3.8) is 0 Å². The van der Waals surface area contributed by atoms with Gasteiger partial charge in [-0.2, -0.15) is 0 Å². The van der Waals surface area contributed by atoms with Gasteiger partial charge in [0.2, 0.25) is 10.0 Å². The molecular weight excluding hydrogens is 338 g/mol. The first-order valence-corrected chi connectivity index (χ1v) is 9.83. The second-order valence-corrected chi connectivity index (χ2v) is 7.59. The van der Waals surface area contributed by atoms with Crippen molar-refractivity contribution < 1.29 is 17.6 Å². The molecule has 25 heavy (non-hydrogen) atoms. The summed E-state index contributed by atoms with van der Waals surface area (Å²) < 4.78 is 38.9. The topological polar surface area (TPSA) is 68.5 Å². The number of hydrogen-bond acceptors (Lipinski definition) is 4. The lowest BCUT2D eigenvalue weighted by atomic mass is 10.2. The summed E-state index contributed by atoms with van der Waals surface area (Å²) in [5.74, 6) is 1.15. The van der Waals surface area contributed by atoms with E-state index in [1.54, 1.807) is 19.1 Å². The predicted molar refractivity (Wildman–Crippen MR) is 98.0 cm³/mol. The van der Waals surface area contributed by atoms with Crippen molar-refractivity contribution in [3.05, 3.63) is 65.9 Å². The molecule has 0 fully saturated rings. The van der Waals surface area contributed by atoms with Gasteiger partial charge in [-0.05, 0) is 31.5 Å². The summed E-state index contributed by atoms with van der Waals surface area (Å²) in [6.07, 6.45) is 0. The van der Waals surface area contributed by atoms with Gasteiger partial charge in [-0.1, -0.05) is 42.5 Å². The molecule has 6 heteroatoms. The molecule has 0 saturated heterocycles. The monoisotopic (exact) mass is 359 g/mol. The third kappa shape index (κ3) is 4.21. The smallest absolute Gasteiger partial charge is 0.216 e. The fourth-order valence-corrected chi connectivity index (χ4v) is 4.07. The molecule has 0 amide bonds. The summed E-state index contributed by atoms with van der Waals surface area (Å²) in [5, 5.41) is 0.884. The highest BCUT2D eigenvalue weighted by Gasteiger charge is 2.20. The predicted octanol–water partition coefficient (Wildman–Crippen LogP) is 4.01. The molecule has 1 atom stereocenters. The zero-order valence-corrected chi connectivity index (χ0v) is 15.0. The van der Waals surface area contributed by atoms with Crippen molar-refractivity contribution in [2.45, 2.75) is 25.6 Å². The first kappa shape index (κ1) is 17.5. The van der Waals surface area contributed by atoms with Crippen molar-refractivity contribution >= 4 is 21.0 Å². The van der Waals surface area contributed by atoms with E-state index in [0.29, 0.717) is 23.7 Å². The molecule has 0 aliphatic heterocycles. The highest BCUT2D eigenvalue weighted by molar-refractivity contribution is 7.88. The van der Waals surface area contributed by atoms with E-state index >= 15 is 0 Å². The van der Waals surface area contributed by atoms with E-state index in [9.17, 15) is 8.42 Å². The van der Waals surface area contributed by atoms with Crippen LogP contribution in [0.15, 0.2) is 59.0 Å². The molecule has 0 aliphatic rings. The van der Waals surface area contributed by atoms with Crippen molar-refractivity contribution in [3.8, 4) is 5.75 Å². The molecule has 132 valence electrons.